The highest BCUT2D eigenvalue weighted by atomic mass is 35.5. The van der Waals surface area contributed by atoms with Gasteiger partial charge in [-0.3, -0.25) is 0 Å². The van der Waals surface area contributed by atoms with Crippen LogP contribution in [0.1, 0.15) is 22.7 Å². The molecular formula is C16H16ClF2NO. The number of benzene rings is 2. The molecule has 5 heteroatoms. The molecule has 1 aliphatic heterocycles. The standard InChI is InChI=1S/C16H15F2NO.ClH/c17-16(18)20-13-8-4-7-11-9-10-19-15(14(11)13)12-5-2-1-3-6-12;/h1-8,15-16,19H,9-10H2;1H/t15-;/m0./s1. The third-order valence-electron chi connectivity index (χ3n) is 3.54. The number of alkyl halides is 2. The van der Waals surface area contributed by atoms with Crippen molar-refractivity contribution in [2.75, 3.05) is 6.54 Å². The third kappa shape index (κ3) is 3.34. The molecule has 0 amide bonds. The van der Waals surface area contributed by atoms with Crippen molar-refractivity contribution in [1.29, 1.82) is 0 Å². The molecular weight excluding hydrogens is 296 g/mol. The zero-order valence-corrected chi connectivity index (χ0v) is 12.1. The SMILES string of the molecule is Cl.FC(F)Oc1cccc2c1[C@H](c1ccccc1)NCC2. The third-order valence-corrected chi connectivity index (χ3v) is 3.54. The predicted octanol–water partition coefficient (Wildman–Crippen LogP) is 3.94. The lowest BCUT2D eigenvalue weighted by molar-refractivity contribution is -0.0507. The highest BCUT2D eigenvalue weighted by Gasteiger charge is 2.25. The zero-order chi connectivity index (χ0) is 13.9. The van der Waals surface area contributed by atoms with Gasteiger partial charge in [-0.25, -0.2) is 0 Å². The van der Waals surface area contributed by atoms with Crippen LogP contribution in [0.4, 0.5) is 8.78 Å². The van der Waals surface area contributed by atoms with Crippen LogP contribution in [-0.2, 0) is 6.42 Å². The molecule has 1 N–H and O–H groups in total. The summed E-state index contributed by atoms with van der Waals surface area (Å²) in [6, 6.07) is 15.1. The monoisotopic (exact) mass is 311 g/mol. The molecule has 3 rings (SSSR count). The average molecular weight is 312 g/mol. The molecule has 1 heterocycles. The van der Waals surface area contributed by atoms with Crippen molar-refractivity contribution in [2.45, 2.75) is 19.1 Å². The van der Waals surface area contributed by atoms with Gasteiger partial charge in [0.2, 0.25) is 0 Å². The summed E-state index contributed by atoms with van der Waals surface area (Å²) >= 11 is 0. The molecule has 0 unspecified atom stereocenters. The Bertz CT molecular complexity index is 592. The van der Waals surface area contributed by atoms with Gasteiger partial charge in [-0.2, -0.15) is 8.78 Å². The number of hydrogen-bond donors (Lipinski definition) is 1. The van der Waals surface area contributed by atoms with E-state index in [-0.39, 0.29) is 24.2 Å². The van der Waals surface area contributed by atoms with Crippen LogP contribution in [0.3, 0.4) is 0 Å². The van der Waals surface area contributed by atoms with Crippen molar-refractivity contribution in [1.82, 2.24) is 5.32 Å². The Labute approximate surface area is 128 Å². The van der Waals surface area contributed by atoms with Gasteiger partial charge < -0.3 is 10.1 Å². The van der Waals surface area contributed by atoms with Gasteiger partial charge in [0.1, 0.15) is 5.75 Å². The average Bonchev–Trinajstić information content (AvgIpc) is 2.47. The van der Waals surface area contributed by atoms with Gasteiger partial charge in [0.25, 0.3) is 0 Å². The molecule has 1 aliphatic rings. The van der Waals surface area contributed by atoms with Crippen molar-refractivity contribution in [2.24, 2.45) is 0 Å². The van der Waals surface area contributed by atoms with Crippen LogP contribution in [0.25, 0.3) is 0 Å². The fraction of sp³-hybridized carbons (Fsp3) is 0.250. The van der Waals surface area contributed by atoms with Crippen molar-refractivity contribution in [3.63, 3.8) is 0 Å². The summed E-state index contributed by atoms with van der Waals surface area (Å²) in [6.45, 7) is -1.98. The van der Waals surface area contributed by atoms with E-state index in [0.29, 0.717) is 0 Å². The van der Waals surface area contributed by atoms with Crippen LogP contribution in [0, 0.1) is 0 Å². The van der Waals surface area contributed by atoms with E-state index in [0.717, 1.165) is 29.7 Å². The van der Waals surface area contributed by atoms with Crippen LogP contribution in [-0.4, -0.2) is 13.2 Å². The van der Waals surface area contributed by atoms with E-state index >= 15 is 0 Å². The number of fused-ring (bicyclic) bond motifs is 1. The van der Waals surface area contributed by atoms with E-state index in [1.807, 2.05) is 36.4 Å². The minimum absolute atomic E-state index is 0. The van der Waals surface area contributed by atoms with E-state index in [4.69, 9.17) is 4.74 Å². The van der Waals surface area contributed by atoms with Gasteiger partial charge in [0.15, 0.2) is 0 Å². The van der Waals surface area contributed by atoms with Crippen LogP contribution in [0.15, 0.2) is 48.5 Å². The van der Waals surface area contributed by atoms with E-state index in [2.05, 4.69) is 5.32 Å². The first-order chi connectivity index (χ1) is 9.75. The molecule has 0 bridgehead atoms. The molecule has 112 valence electrons. The van der Waals surface area contributed by atoms with Gasteiger partial charge >= 0.3 is 6.61 Å². The fourth-order valence-electron chi connectivity index (χ4n) is 2.72. The number of ether oxygens (including phenoxy) is 1. The Balaban J connectivity index is 0.00000161. The summed E-state index contributed by atoms with van der Waals surface area (Å²) in [4.78, 5) is 0. The first-order valence-electron chi connectivity index (χ1n) is 6.60. The molecule has 2 nitrogen and oxygen atoms in total. The van der Waals surface area contributed by atoms with Crippen molar-refractivity contribution >= 4 is 12.4 Å². The van der Waals surface area contributed by atoms with Gasteiger partial charge in [0.05, 0.1) is 6.04 Å². The molecule has 0 aromatic heterocycles. The maximum Gasteiger partial charge on any atom is 0.387 e. The van der Waals surface area contributed by atoms with E-state index < -0.39 is 6.61 Å². The first-order valence-corrected chi connectivity index (χ1v) is 6.60. The lowest BCUT2D eigenvalue weighted by atomic mass is 9.89. The minimum atomic E-state index is -2.81. The molecule has 0 aliphatic carbocycles. The normalized spacial score (nSPS) is 17.0. The summed E-state index contributed by atoms with van der Waals surface area (Å²) in [7, 11) is 0. The minimum Gasteiger partial charge on any atom is -0.434 e. The summed E-state index contributed by atoms with van der Waals surface area (Å²) in [5, 5.41) is 3.38. The highest BCUT2D eigenvalue weighted by molar-refractivity contribution is 5.85. The Hall–Kier alpha value is -1.65. The number of hydrogen-bond acceptors (Lipinski definition) is 2. The topological polar surface area (TPSA) is 21.3 Å². The van der Waals surface area contributed by atoms with Gasteiger partial charge in [-0.15, -0.1) is 12.4 Å². The zero-order valence-electron chi connectivity index (χ0n) is 11.3. The second-order valence-corrected chi connectivity index (χ2v) is 4.76. The van der Waals surface area contributed by atoms with Crippen molar-refractivity contribution in [3.8, 4) is 5.75 Å². The maximum atomic E-state index is 12.6. The van der Waals surface area contributed by atoms with Crippen LogP contribution < -0.4 is 10.1 Å². The Kier molecular flexibility index (Phi) is 5.15. The fourth-order valence-corrected chi connectivity index (χ4v) is 2.72. The second-order valence-electron chi connectivity index (χ2n) is 4.76. The van der Waals surface area contributed by atoms with Crippen LogP contribution in [0.2, 0.25) is 0 Å². The van der Waals surface area contributed by atoms with E-state index in [9.17, 15) is 8.78 Å². The number of nitrogens with one attached hydrogen (secondary N) is 1. The molecule has 0 saturated heterocycles. The summed E-state index contributed by atoms with van der Waals surface area (Å²) in [5.41, 5.74) is 2.94. The van der Waals surface area contributed by atoms with Gasteiger partial charge in [0, 0.05) is 12.1 Å². The molecule has 1 atom stereocenters. The summed E-state index contributed by atoms with van der Waals surface area (Å²) in [5.74, 6) is 0.263. The molecule has 0 saturated carbocycles. The maximum absolute atomic E-state index is 12.6. The Morgan fingerprint density at radius 1 is 1.05 bits per heavy atom. The second kappa shape index (κ2) is 6.87. The summed E-state index contributed by atoms with van der Waals surface area (Å²) < 4.78 is 29.8. The van der Waals surface area contributed by atoms with Gasteiger partial charge in [-0.05, 0) is 23.6 Å². The predicted molar refractivity (Wildman–Crippen MR) is 80.3 cm³/mol. The molecule has 2 aromatic rings. The number of rotatable bonds is 3. The molecule has 0 radical (unpaired) electrons. The Morgan fingerprint density at radius 2 is 1.81 bits per heavy atom. The lowest BCUT2D eigenvalue weighted by Gasteiger charge is -2.29. The quantitative estimate of drug-likeness (QED) is 0.927. The van der Waals surface area contributed by atoms with Crippen molar-refractivity contribution < 1.29 is 13.5 Å². The molecule has 2 aromatic carbocycles. The molecule has 21 heavy (non-hydrogen) atoms. The lowest BCUT2D eigenvalue weighted by Crippen LogP contribution is -2.31. The number of halogens is 3. The molecule has 0 spiro atoms. The smallest absolute Gasteiger partial charge is 0.387 e. The van der Waals surface area contributed by atoms with E-state index in [1.54, 1.807) is 12.1 Å². The van der Waals surface area contributed by atoms with Crippen molar-refractivity contribution in [3.05, 3.63) is 65.2 Å². The molecule has 0 fully saturated rings. The highest BCUT2D eigenvalue weighted by Crippen LogP contribution is 2.36. The first kappa shape index (κ1) is 15.7. The van der Waals surface area contributed by atoms with Crippen LogP contribution in [0.5, 0.6) is 5.75 Å². The largest absolute Gasteiger partial charge is 0.434 e. The summed E-state index contributed by atoms with van der Waals surface area (Å²) in [6.07, 6.45) is 0.819. The van der Waals surface area contributed by atoms with Gasteiger partial charge in [-0.1, -0.05) is 42.5 Å². The van der Waals surface area contributed by atoms with E-state index in [1.165, 1.54) is 0 Å². The van der Waals surface area contributed by atoms with Crippen LogP contribution >= 0.6 is 12.4 Å². The Morgan fingerprint density at radius 3 is 2.52 bits per heavy atom.